The number of ether oxygens (including phenoxy) is 2. The van der Waals surface area contributed by atoms with Crippen molar-refractivity contribution >= 4 is 11.9 Å². The highest BCUT2D eigenvalue weighted by Crippen LogP contribution is 2.32. The minimum atomic E-state index is -0.887. The standard InChI is InChI=1S/C17H21NO4/c1-21-16(20)17(9-5-2-6-10-17)18-15(19)14-11-12-7-3-4-8-13(12)22-14/h3-4,7-8,14H,2,5-6,9-11H2,1H3,(H,18,19)/t14-/m0/s1. The van der Waals surface area contributed by atoms with Crippen molar-refractivity contribution in [2.75, 3.05) is 7.11 Å². The molecule has 0 radical (unpaired) electrons. The van der Waals surface area contributed by atoms with Crippen LogP contribution in [0.2, 0.25) is 0 Å². The summed E-state index contributed by atoms with van der Waals surface area (Å²) in [5.74, 6) is 0.165. The van der Waals surface area contributed by atoms with Crippen molar-refractivity contribution in [1.82, 2.24) is 5.32 Å². The number of nitrogens with one attached hydrogen (secondary N) is 1. The molecule has 5 heteroatoms. The average Bonchev–Trinajstić information content (AvgIpc) is 2.99. The molecule has 0 unspecified atom stereocenters. The molecule has 1 aliphatic carbocycles. The fourth-order valence-electron chi connectivity index (χ4n) is 3.38. The summed E-state index contributed by atoms with van der Waals surface area (Å²) in [7, 11) is 1.37. The first-order valence-corrected chi connectivity index (χ1v) is 7.80. The fourth-order valence-corrected chi connectivity index (χ4v) is 3.38. The molecular weight excluding hydrogens is 282 g/mol. The molecule has 0 bridgehead atoms. The highest BCUT2D eigenvalue weighted by Gasteiger charge is 2.44. The number of carbonyl (C=O) groups is 2. The third-order valence-corrected chi connectivity index (χ3v) is 4.59. The first-order valence-electron chi connectivity index (χ1n) is 7.80. The molecule has 1 saturated carbocycles. The number of hydrogen-bond acceptors (Lipinski definition) is 4. The molecule has 2 aliphatic rings. The van der Waals surface area contributed by atoms with E-state index in [2.05, 4.69) is 5.32 Å². The quantitative estimate of drug-likeness (QED) is 0.867. The van der Waals surface area contributed by atoms with E-state index in [1.54, 1.807) is 0 Å². The van der Waals surface area contributed by atoms with E-state index in [1.165, 1.54) is 7.11 Å². The van der Waals surface area contributed by atoms with Crippen LogP contribution in [0.3, 0.4) is 0 Å². The van der Waals surface area contributed by atoms with Crippen LogP contribution >= 0.6 is 0 Å². The van der Waals surface area contributed by atoms with Crippen molar-refractivity contribution in [3.63, 3.8) is 0 Å². The van der Waals surface area contributed by atoms with Gasteiger partial charge in [-0.1, -0.05) is 37.5 Å². The molecule has 1 fully saturated rings. The van der Waals surface area contributed by atoms with Gasteiger partial charge in [-0.15, -0.1) is 0 Å². The van der Waals surface area contributed by atoms with Crippen LogP contribution in [0, 0.1) is 0 Å². The van der Waals surface area contributed by atoms with E-state index < -0.39 is 11.6 Å². The predicted molar refractivity (Wildman–Crippen MR) is 80.5 cm³/mol. The first-order chi connectivity index (χ1) is 10.6. The van der Waals surface area contributed by atoms with Crippen LogP contribution in [0.4, 0.5) is 0 Å². The van der Waals surface area contributed by atoms with Crippen LogP contribution in [0.25, 0.3) is 0 Å². The summed E-state index contributed by atoms with van der Waals surface area (Å²) in [6.45, 7) is 0. The van der Waals surface area contributed by atoms with Gasteiger partial charge in [0.15, 0.2) is 6.10 Å². The molecule has 1 N–H and O–H groups in total. The lowest BCUT2D eigenvalue weighted by Gasteiger charge is -2.35. The van der Waals surface area contributed by atoms with Crippen molar-refractivity contribution in [3.05, 3.63) is 29.8 Å². The zero-order valence-electron chi connectivity index (χ0n) is 12.8. The Balaban J connectivity index is 1.71. The van der Waals surface area contributed by atoms with Crippen LogP contribution in [-0.4, -0.2) is 30.6 Å². The van der Waals surface area contributed by atoms with Crippen LogP contribution in [0.1, 0.15) is 37.7 Å². The van der Waals surface area contributed by atoms with E-state index in [0.717, 1.165) is 30.6 Å². The third kappa shape index (κ3) is 2.67. The summed E-state index contributed by atoms with van der Waals surface area (Å²) < 4.78 is 10.6. The highest BCUT2D eigenvalue weighted by molar-refractivity contribution is 5.90. The van der Waals surface area contributed by atoms with Gasteiger partial charge in [-0.3, -0.25) is 4.79 Å². The Kier molecular flexibility index (Phi) is 4.05. The molecule has 22 heavy (non-hydrogen) atoms. The van der Waals surface area contributed by atoms with Gasteiger partial charge in [0.25, 0.3) is 5.91 Å². The van der Waals surface area contributed by atoms with Gasteiger partial charge < -0.3 is 14.8 Å². The lowest BCUT2D eigenvalue weighted by atomic mass is 9.81. The monoisotopic (exact) mass is 303 g/mol. The number of para-hydroxylation sites is 1. The Hall–Kier alpha value is -2.04. The molecule has 1 heterocycles. The average molecular weight is 303 g/mol. The number of hydrogen-bond donors (Lipinski definition) is 1. The maximum Gasteiger partial charge on any atom is 0.331 e. The summed E-state index contributed by atoms with van der Waals surface area (Å²) in [5.41, 5.74) is 0.140. The van der Waals surface area contributed by atoms with Gasteiger partial charge >= 0.3 is 5.97 Å². The summed E-state index contributed by atoms with van der Waals surface area (Å²) in [5, 5.41) is 2.92. The van der Waals surface area contributed by atoms with Crippen LogP contribution in [0.5, 0.6) is 5.75 Å². The van der Waals surface area contributed by atoms with Crippen LogP contribution < -0.4 is 10.1 Å². The molecule has 118 valence electrons. The second-order valence-corrected chi connectivity index (χ2v) is 6.04. The van der Waals surface area contributed by atoms with E-state index in [1.807, 2.05) is 24.3 Å². The van der Waals surface area contributed by atoms with Crippen molar-refractivity contribution in [3.8, 4) is 5.75 Å². The zero-order chi connectivity index (χ0) is 15.6. The maximum atomic E-state index is 12.6. The smallest absolute Gasteiger partial charge is 0.331 e. The molecular formula is C17H21NO4. The van der Waals surface area contributed by atoms with Crippen molar-refractivity contribution in [2.45, 2.75) is 50.2 Å². The van der Waals surface area contributed by atoms with E-state index in [4.69, 9.17) is 9.47 Å². The summed E-state index contributed by atoms with van der Waals surface area (Å²) in [6.07, 6.45) is 4.15. The summed E-state index contributed by atoms with van der Waals surface area (Å²) in [6, 6.07) is 7.63. The van der Waals surface area contributed by atoms with Crippen LogP contribution in [-0.2, 0) is 20.7 Å². The Bertz CT molecular complexity index is 553. The molecule has 1 amide bonds. The Labute approximate surface area is 130 Å². The van der Waals surface area contributed by atoms with Gasteiger partial charge in [0.1, 0.15) is 11.3 Å². The number of carbonyl (C=O) groups excluding carboxylic acids is 2. The third-order valence-electron chi connectivity index (χ3n) is 4.59. The fraction of sp³-hybridized carbons (Fsp3) is 0.529. The Morgan fingerprint density at radius 3 is 2.64 bits per heavy atom. The van der Waals surface area contributed by atoms with Crippen molar-refractivity contribution < 1.29 is 19.1 Å². The number of amides is 1. The van der Waals surface area contributed by atoms with Crippen LogP contribution in [0.15, 0.2) is 24.3 Å². The molecule has 1 atom stereocenters. The number of rotatable bonds is 3. The number of benzene rings is 1. The first kappa shape index (κ1) is 14.9. The summed E-state index contributed by atoms with van der Waals surface area (Å²) >= 11 is 0. The second-order valence-electron chi connectivity index (χ2n) is 6.04. The van der Waals surface area contributed by atoms with Gasteiger partial charge in [0, 0.05) is 6.42 Å². The Morgan fingerprint density at radius 1 is 1.23 bits per heavy atom. The van der Waals surface area contributed by atoms with Gasteiger partial charge in [0.05, 0.1) is 7.11 Å². The minimum Gasteiger partial charge on any atom is -0.480 e. The Morgan fingerprint density at radius 2 is 1.95 bits per heavy atom. The molecule has 1 aromatic carbocycles. The molecule has 0 spiro atoms. The van der Waals surface area contributed by atoms with E-state index in [-0.39, 0.29) is 11.9 Å². The highest BCUT2D eigenvalue weighted by atomic mass is 16.5. The van der Waals surface area contributed by atoms with Crippen molar-refractivity contribution in [1.29, 1.82) is 0 Å². The molecule has 0 aromatic heterocycles. The second kappa shape index (κ2) is 5.99. The molecule has 0 saturated heterocycles. The molecule has 5 nitrogen and oxygen atoms in total. The van der Waals surface area contributed by atoms with E-state index >= 15 is 0 Å². The number of esters is 1. The number of fused-ring (bicyclic) bond motifs is 1. The van der Waals surface area contributed by atoms with E-state index in [0.29, 0.717) is 19.3 Å². The largest absolute Gasteiger partial charge is 0.480 e. The lowest BCUT2D eigenvalue weighted by Crippen LogP contribution is -2.58. The normalized spacial score (nSPS) is 22.3. The summed E-state index contributed by atoms with van der Waals surface area (Å²) in [4.78, 5) is 24.7. The van der Waals surface area contributed by atoms with Gasteiger partial charge in [-0.2, -0.15) is 0 Å². The van der Waals surface area contributed by atoms with Gasteiger partial charge in [0.2, 0.25) is 0 Å². The molecule has 1 aliphatic heterocycles. The number of methoxy groups -OCH3 is 1. The predicted octanol–water partition coefficient (Wildman–Crippen LogP) is 1.98. The van der Waals surface area contributed by atoms with Gasteiger partial charge in [-0.25, -0.2) is 4.79 Å². The SMILES string of the molecule is COC(=O)C1(NC(=O)[C@@H]2Cc3ccccc3O2)CCCCC1. The molecule has 3 rings (SSSR count). The topological polar surface area (TPSA) is 64.6 Å². The lowest BCUT2D eigenvalue weighted by molar-refractivity contribution is -0.153. The zero-order valence-corrected chi connectivity index (χ0v) is 12.8. The maximum absolute atomic E-state index is 12.6. The molecule has 1 aromatic rings. The minimum absolute atomic E-state index is 0.233. The van der Waals surface area contributed by atoms with E-state index in [9.17, 15) is 9.59 Å². The van der Waals surface area contributed by atoms with Crippen molar-refractivity contribution in [2.24, 2.45) is 0 Å². The van der Waals surface area contributed by atoms with Gasteiger partial charge in [-0.05, 0) is 24.5 Å².